The van der Waals surface area contributed by atoms with Gasteiger partial charge in [-0.1, -0.05) is 48.5 Å². The number of pyridine rings is 1. The molecule has 0 aliphatic carbocycles. The average molecular weight is 396 g/mol. The standard InChI is InChI=1S/C25H20N2O3/c28-24(27-23-11-10-22-16-26-13-12-21(22)15-23)14-18-6-8-19(9-7-18)17-30-25(29)20-4-2-1-3-5-20/h1-13,15-16H,14,17H2,(H,27,28). The maximum atomic E-state index is 12.4. The Morgan fingerprint density at radius 2 is 1.60 bits per heavy atom. The van der Waals surface area contributed by atoms with Crippen LogP contribution in [0, 0.1) is 0 Å². The van der Waals surface area contributed by atoms with Gasteiger partial charge in [-0.05, 0) is 46.8 Å². The SMILES string of the molecule is O=C(Cc1ccc(COC(=O)c2ccccc2)cc1)Nc1ccc2cnccc2c1. The molecule has 1 heterocycles. The van der Waals surface area contributed by atoms with E-state index in [4.69, 9.17) is 4.74 Å². The Labute approximate surface area is 174 Å². The Morgan fingerprint density at radius 1 is 0.833 bits per heavy atom. The average Bonchev–Trinajstić information content (AvgIpc) is 2.79. The Hall–Kier alpha value is -3.99. The minimum absolute atomic E-state index is 0.0911. The van der Waals surface area contributed by atoms with E-state index in [9.17, 15) is 9.59 Å². The first-order valence-corrected chi connectivity index (χ1v) is 9.61. The number of amides is 1. The van der Waals surface area contributed by atoms with Crippen molar-refractivity contribution in [1.29, 1.82) is 0 Å². The highest BCUT2D eigenvalue weighted by Gasteiger charge is 2.08. The topological polar surface area (TPSA) is 68.3 Å². The van der Waals surface area contributed by atoms with E-state index in [0.29, 0.717) is 5.56 Å². The molecule has 0 fully saturated rings. The van der Waals surface area contributed by atoms with Gasteiger partial charge in [0.25, 0.3) is 0 Å². The van der Waals surface area contributed by atoms with Gasteiger partial charge < -0.3 is 10.1 Å². The van der Waals surface area contributed by atoms with Gasteiger partial charge in [-0.15, -0.1) is 0 Å². The van der Waals surface area contributed by atoms with Crippen LogP contribution in [0.3, 0.4) is 0 Å². The number of fused-ring (bicyclic) bond motifs is 1. The molecule has 0 radical (unpaired) electrons. The predicted molar refractivity (Wildman–Crippen MR) is 116 cm³/mol. The second-order valence-electron chi connectivity index (χ2n) is 6.92. The maximum Gasteiger partial charge on any atom is 0.338 e. The summed E-state index contributed by atoms with van der Waals surface area (Å²) in [7, 11) is 0. The van der Waals surface area contributed by atoms with Gasteiger partial charge in [0.05, 0.1) is 12.0 Å². The molecule has 0 aliphatic rings. The number of esters is 1. The molecule has 0 saturated heterocycles. The molecule has 1 aromatic heterocycles. The van der Waals surface area contributed by atoms with Gasteiger partial charge >= 0.3 is 5.97 Å². The highest BCUT2D eigenvalue weighted by molar-refractivity contribution is 5.95. The molecule has 0 saturated carbocycles. The molecule has 5 nitrogen and oxygen atoms in total. The molecule has 1 amide bonds. The summed E-state index contributed by atoms with van der Waals surface area (Å²) in [6, 6.07) is 24.0. The number of hydrogen-bond acceptors (Lipinski definition) is 4. The van der Waals surface area contributed by atoms with Crippen LogP contribution < -0.4 is 5.32 Å². The number of nitrogens with zero attached hydrogens (tertiary/aromatic N) is 1. The summed E-state index contributed by atoms with van der Waals surface area (Å²) in [5, 5.41) is 4.98. The van der Waals surface area contributed by atoms with Gasteiger partial charge in [0, 0.05) is 23.5 Å². The highest BCUT2D eigenvalue weighted by atomic mass is 16.5. The smallest absolute Gasteiger partial charge is 0.338 e. The van der Waals surface area contributed by atoms with Crippen LogP contribution in [0.2, 0.25) is 0 Å². The van der Waals surface area contributed by atoms with Crippen molar-refractivity contribution in [2.24, 2.45) is 0 Å². The third kappa shape index (κ3) is 4.89. The van der Waals surface area contributed by atoms with Gasteiger partial charge in [0.2, 0.25) is 5.91 Å². The van der Waals surface area contributed by atoms with E-state index in [1.54, 1.807) is 36.7 Å². The molecule has 0 bridgehead atoms. The van der Waals surface area contributed by atoms with Gasteiger partial charge in [0.1, 0.15) is 6.61 Å². The van der Waals surface area contributed by atoms with Crippen LogP contribution in [0.15, 0.2) is 91.3 Å². The summed E-state index contributed by atoms with van der Waals surface area (Å²) >= 11 is 0. The predicted octanol–water partition coefficient (Wildman–Crippen LogP) is 4.77. The number of anilines is 1. The molecule has 0 aliphatic heterocycles. The van der Waals surface area contributed by atoms with Crippen molar-refractivity contribution in [1.82, 2.24) is 4.98 Å². The van der Waals surface area contributed by atoms with Crippen LogP contribution >= 0.6 is 0 Å². The van der Waals surface area contributed by atoms with Gasteiger partial charge in [0.15, 0.2) is 0 Å². The summed E-state index contributed by atoms with van der Waals surface area (Å²) < 4.78 is 5.33. The fraction of sp³-hybridized carbons (Fsp3) is 0.0800. The Bertz CT molecular complexity index is 1170. The summed E-state index contributed by atoms with van der Waals surface area (Å²) in [5.74, 6) is -0.447. The van der Waals surface area contributed by atoms with Gasteiger partial charge in [-0.3, -0.25) is 9.78 Å². The first-order valence-electron chi connectivity index (χ1n) is 9.61. The molecule has 3 aromatic carbocycles. The lowest BCUT2D eigenvalue weighted by Gasteiger charge is -2.08. The van der Waals surface area contributed by atoms with Crippen molar-refractivity contribution >= 4 is 28.3 Å². The second-order valence-corrected chi connectivity index (χ2v) is 6.92. The summed E-state index contributed by atoms with van der Waals surface area (Å²) in [4.78, 5) is 28.5. The van der Waals surface area contributed by atoms with E-state index in [0.717, 1.165) is 27.6 Å². The normalized spacial score (nSPS) is 10.5. The monoisotopic (exact) mass is 396 g/mol. The molecule has 5 heteroatoms. The Morgan fingerprint density at radius 3 is 2.40 bits per heavy atom. The van der Waals surface area contributed by atoms with Crippen LogP contribution in [0.5, 0.6) is 0 Å². The number of rotatable bonds is 6. The number of hydrogen-bond donors (Lipinski definition) is 1. The van der Waals surface area contributed by atoms with Crippen LogP contribution in [0.25, 0.3) is 10.8 Å². The van der Waals surface area contributed by atoms with Crippen LogP contribution in [0.4, 0.5) is 5.69 Å². The quantitative estimate of drug-likeness (QED) is 0.477. The van der Waals surface area contributed by atoms with E-state index < -0.39 is 0 Å². The third-order valence-corrected chi connectivity index (χ3v) is 4.69. The van der Waals surface area contributed by atoms with Crippen molar-refractivity contribution in [3.63, 3.8) is 0 Å². The van der Waals surface area contributed by atoms with Gasteiger partial charge in [-0.2, -0.15) is 0 Å². The first kappa shape index (κ1) is 19.3. The fourth-order valence-electron chi connectivity index (χ4n) is 3.11. The van der Waals surface area contributed by atoms with Crippen molar-refractivity contribution in [3.8, 4) is 0 Å². The van der Waals surface area contributed by atoms with Gasteiger partial charge in [-0.25, -0.2) is 4.79 Å². The molecule has 4 rings (SSSR count). The number of carbonyl (C=O) groups is 2. The van der Waals surface area contributed by atoms with Crippen molar-refractivity contribution < 1.29 is 14.3 Å². The largest absolute Gasteiger partial charge is 0.457 e. The number of nitrogens with one attached hydrogen (secondary N) is 1. The molecule has 1 N–H and O–H groups in total. The lowest BCUT2D eigenvalue weighted by molar-refractivity contribution is -0.115. The molecule has 148 valence electrons. The third-order valence-electron chi connectivity index (χ3n) is 4.69. The zero-order valence-corrected chi connectivity index (χ0v) is 16.2. The maximum absolute atomic E-state index is 12.4. The molecule has 0 atom stereocenters. The Kier molecular flexibility index (Phi) is 5.80. The van der Waals surface area contributed by atoms with Crippen LogP contribution in [-0.2, 0) is 22.6 Å². The van der Waals surface area contributed by atoms with Crippen LogP contribution in [-0.4, -0.2) is 16.9 Å². The summed E-state index contributed by atoms with van der Waals surface area (Å²) in [6.45, 7) is 0.187. The lowest BCUT2D eigenvalue weighted by Crippen LogP contribution is -2.14. The van der Waals surface area contributed by atoms with E-state index in [2.05, 4.69) is 10.3 Å². The van der Waals surface area contributed by atoms with E-state index in [1.807, 2.05) is 54.6 Å². The van der Waals surface area contributed by atoms with Crippen LogP contribution in [0.1, 0.15) is 21.5 Å². The molecular formula is C25H20N2O3. The fourth-order valence-corrected chi connectivity index (χ4v) is 3.11. The minimum atomic E-state index is -0.356. The number of carbonyl (C=O) groups excluding carboxylic acids is 2. The molecular weight excluding hydrogens is 376 g/mol. The lowest BCUT2D eigenvalue weighted by atomic mass is 10.1. The van der Waals surface area contributed by atoms with Crippen molar-refractivity contribution in [3.05, 3.63) is 108 Å². The zero-order chi connectivity index (χ0) is 20.8. The first-order chi connectivity index (χ1) is 14.7. The second kappa shape index (κ2) is 9.01. The van der Waals surface area contributed by atoms with E-state index >= 15 is 0 Å². The molecule has 0 unspecified atom stereocenters. The number of benzene rings is 3. The van der Waals surface area contributed by atoms with Crippen molar-refractivity contribution in [2.75, 3.05) is 5.32 Å². The zero-order valence-electron chi connectivity index (χ0n) is 16.2. The Balaban J connectivity index is 1.31. The molecule has 0 spiro atoms. The van der Waals surface area contributed by atoms with E-state index in [-0.39, 0.29) is 24.9 Å². The molecule has 4 aromatic rings. The summed E-state index contributed by atoms with van der Waals surface area (Å²) in [5.41, 5.74) is 3.03. The number of aromatic nitrogens is 1. The highest BCUT2D eigenvalue weighted by Crippen LogP contribution is 2.18. The minimum Gasteiger partial charge on any atom is -0.457 e. The number of ether oxygens (including phenoxy) is 1. The molecule has 30 heavy (non-hydrogen) atoms. The summed E-state index contributed by atoms with van der Waals surface area (Å²) in [6.07, 6.45) is 3.78. The van der Waals surface area contributed by atoms with E-state index in [1.165, 1.54) is 0 Å². The van der Waals surface area contributed by atoms with Crippen molar-refractivity contribution in [2.45, 2.75) is 13.0 Å².